The number of aromatic amines is 1. The average molecular weight is 281 g/mol. The summed E-state index contributed by atoms with van der Waals surface area (Å²) in [6.07, 6.45) is 1.65. The van der Waals surface area contributed by atoms with Gasteiger partial charge in [0.15, 0.2) is 0 Å². The maximum Gasteiger partial charge on any atom is 0.280 e. The van der Waals surface area contributed by atoms with E-state index in [2.05, 4.69) is 10.1 Å². The number of rotatable bonds is 1. The molecule has 20 heavy (non-hydrogen) atoms. The van der Waals surface area contributed by atoms with E-state index in [-0.39, 0.29) is 5.56 Å². The molecule has 4 rings (SSSR count). The smallest absolute Gasteiger partial charge is 0.280 e. The van der Waals surface area contributed by atoms with Gasteiger partial charge in [-0.2, -0.15) is 11.3 Å². The maximum absolute atomic E-state index is 12.4. The summed E-state index contributed by atoms with van der Waals surface area (Å²) in [7, 11) is 0. The van der Waals surface area contributed by atoms with Crippen LogP contribution in [0.3, 0.4) is 0 Å². The number of thiophene rings is 1. The van der Waals surface area contributed by atoms with Crippen LogP contribution >= 0.6 is 11.3 Å². The Morgan fingerprint density at radius 3 is 2.95 bits per heavy atom. The van der Waals surface area contributed by atoms with Crippen molar-refractivity contribution in [1.82, 2.24) is 14.8 Å². The number of fused-ring (bicyclic) bond motifs is 3. The molecule has 0 amide bonds. The van der Waals surface area contributed by atoms with Crippen molar-refractivity contribution in [1.29, 1.82) is 0 Å². The van der Waals surface area contributed by atoms with E-state index in [4.69, 9.17) is 0 Å². The number of hydrogen-bond acceptors (Lipinski definition) is 3. The zero-order chi connectivity index (χ0) is 13.7. The highest BCUT2D eigenvalue weighted by Gasteiger charge is 2.11. The van der Waals surface area contributed by atoms with Crippen molar-refractivity contribution < 1.29 is 0 Å². The minimum atomic E-state index is -0.0617. The van der Waals surface area contributed by atoms with Crippen molar-refractivity contribution in [3.63, 3.8) is 0 Å². The third kappa shape index (κ3) is 1.53. The van der Waals surface area contributed by atoms with Crippen molar-refractivity contribution in [3.8, 4) is 5.69 Å². The SMILES string of the molecule is Cc1ccc2c(c1)ncc1c(=O)n(-c3ccsc3)[nH]c12. The summed E-state index contributed by atoms with van der Waals surface area (Å²) >= 11 is 1.56. The molecule has 98 valence electrons. The Labute approximate surface area is 118 Å². The van der Waals surface area contributed by atoms with Gasteiger partial charge < -0.3 is 0 Å². The quantitative estimate of drug-likeness (QED) is 0.582. The summed E-state index contributed by atoms with van der Waals surface area (Å²) in [4.78, 5) is 16.8. The van der Waals surface area contributed by atoms with Crippen molar-refractivity contribution >= 4 is 33.1 Å². The van der Waals surface area contributed by atoms with Gasteiger partial charge in [0.05, 0.1) is 22.1 Å². The first-order valence-corrected chi connectivity index (χ1v) is 7.21. The fourth-order valence-electron chi connectivity index (χ4n) is 2.44. The molecule has 0 saturated heterocycles. The van der Waals surface area contributed by atoms with Crippen LogP contribution in [-0.4, -0.2) is 14.8 Å². The largest absolute Gasteiger partial charge is 0.290 e. The van der Waals surface area contributed by atoms with Gasteiger partial charge in [-0.05, 0) is 30.0 Å². The number of aromatic nitrogens is 3. The molecule has 1 N–H and O–H groups in total. The van der Waals surface area contributed by atoms with Crippen LogP contribution in [0.25, 0.3) is 27.5 Å². The lowest BCUT2D eigenvalue weighted by Gasteiger charge is -1.99. The van der Waals surface area contributed by atoms with Crippen LogP contribution in [0.15, 0.2) is 46.0 Å². The lowest BCUT2D eigenvalue weighted by molar-refractivity contribution is 0.869. The molecule has 0 bridgehead atoms. The van der Waals surface area contributed by atoms with E-state index in [0.29, 0.717) is 5.39 Å². The molecule has 0 aliphatic rings. The topological polar surface area (TPSA) is 50.7 Å². The molecule has 1 aromatic carbocycles. The van der Waals surface area contributed by atoms with Crippen LogP contribution in [0.5, 0.6) is 0 Å². The zero-order valence-corrected chi connectivity index (χ0v) is 11.6. The molecule has 0 radical (unpaired) electrons. The number of hydrogen-bond donors (Lipinski definition) is 1. The third-order valence-corrected chi connectivity index (χ3v) is 4.12. The minimum absolute atomic E-state index is 0.0617. The van der Waals surface area contributed by atoms with Crippen LogP contribution in [0.4, 0.5) is 0 Å². The normalized spacial score (nSPS) is 11.4. The highest BCUT2D eigenvalue weighted by molar-refractivity contribution is 7.08. The van der Waals surface area contributed by atoms with E-state index in [1.54, 1.807) is 22.2 Å². The highest BCUT2D eigenvalue weighted by atomic mass is 32.1. The van der Waals surface area contributed by atoms with Crippen LogP contribution < -0.4 is 5.56 Å². The predicted octanol–water partition coefficient (Wildman–Crippen LogP) is 3.24. The third-order valence-electron chi connectivity index (χ3n) is 3.45. The number of H-pyrrole nitrogens is 1. The average Bonchev–Trinajstić information content (AvgIpc) is 3.06. The molecule has 0 unspecified atom stereocenters. The molecule has 5 heteroatoms. The first kappa shape index (κ1) is 11.4. The van der Waals surface area contributed by atoms with Gasteiger partial charge in [-0.1, -0.05) is 12.1 Å². The molecule has 0 aliphatic heterocycles. The summed E-state index contributed by atoms with van der Waals surface area (Å²) in [6, 6.07) is 7.98. The summed E-state index contributed by atoms with van der Waals surface area (Å²) in [5, 5.41) is 8.68. The molecular formula is C15H11N3OS. The summed E-state index contributed by atoms with van der Waals surface area (Å²) in [6.45, 7) is 2.03. The Morgan fingerprint density at radius 2 is 2.15 bits per heavy atom. The Bertz CT molecular complexity index is 980. The van der Waals surface area contributed by atoms with E-state index in [9.17, 15) is 4.79 Å². The van der Waals surface area contributed by atoms with E-state index in [0.717, 1.165) is 27.7 Å². The van der Waals surface area contributed by atoms with Gasteiger partial charge in [-0.25, -0.2) is 4.68 Å². The molecule has 3 heterocycles. The zero-order valence-electron chi connectivity index (χ0n) is 10.8. The van der Waals surface area contributed by atoms with Crippen molar-refractivity contribution in [2.75, 3.05) is 0 Å². The molecule has 0 atom stereocenters. The number of nitrogens with one attached hydrogen (secondary N) is 1. The number of aryl methyl sites for hydroxylation is 1. The van der Waals surface area contributed by atoms with Gasteiger partial charge in [0.25, 0.3) is 5.56 Å². The van der Waals surface area contributed by atoms with Crippen molar-refractivity contribution in [2.45, 2.75) is 6.92 Å². The van der Waals surface area contributed by atoms with Gasteiger partial charge in [0.2, 0.25) is 0 Å². The monoisotopic (exact) mass is 281 g/mol. The Hall–Kier alpha value is -2.40. The fraction of sp³-hybridized carbons (Fsp3) is 0.0667. The van der Waals surface area contributed by atoms with Gasteiger partial charge >= 0.3 is 0 Å². The molecule has 0 spiro atoms. The van der Waals surface area contributed by atoms with E-state index >= 15 is 0 Å². The second-order valence-corrected chi connectivity index (χ2v) is 5.58. The van der Waals surface area contributed by atoms with E-state index in [1.165, 1.54) is 0 Å². The summed E-state index contributed by atoms with van der Waals surface area (Å²) in [5.74, 6) is 0. The van der Waals surface area contributed by atoms with Gasteiger partial charge in [0.1, 0.15) is 0 Å². The number of benzene rings is 1. The van der Waals surface area contributed by atoms with Crippen LogP contribution in [0.2, 0.25) is 0 Å². The second-order valence-electron chi connectivity index (χ2n) is 4.80. The second kappa shape index (κ2) is 4.05. The Kier molecular flexibility index (Phi) is 2.31. The standard InChI is InChI=1S/C15H11N3OS/c1-9-2-3-11-13(6-9)16-7-12-14(11)17-18(15(12)19)10-4-5-20-8-10/h2-8,17H,1H3. The number of nitrogens with zero attached hydrogens (tertiary/aromatic N) is 2. The summed E-state index contributed by atoms with van der Waals surface area (Å²) < 4.78 is 1.57. The predicted molar refractivity (Wildman–Crippen MR) is 81.8 cm³/mol. The minimum Gasteiger partial charge on any atom is -0.290 e. The molecule has 0 aliphatic carbocycles. The molecule has 0 fully saturated rings. The van der Waals surface area contributed by atoms with E-state index in [1.807, 2.05) is 41.9 Å². The van der Waals surface area contributed by atoms with Crippen LogP contribution in [0, 0.1) is 6.92 Å². The number of pyridine rings is 1. The van der Waals surface area contributed by atoms with Gasteiger partial charge in [-0.15, -0.1) is 0 Å². The molecule has 4 nitrogen and oxygen atoms in total. The Morgan fingerprint density at radius 1 is 1.25 bits per heavy atom. The highest BCUT2D eigenvalue weighted by Crippen LogP contribution is 2.22. The van der Waals surface area contributed by atoms with Gasteiger partial charge in [-0.3, -0.25) is 14.9 Å². The maximum atomic E-state index is 12.4. The molecular weight excluding hydrogens is 270 g/mol. The van der Waals surface area contributed by atoms with Crippen molar-refractivity contribution in [2.24, 2.45) is 0 Å². The van der Waals surface area contributed by atoms with Crippen molar-refractivity contribution in [3.05, 3.63) is 57.1 Å². The van der Waals surface area contributed by atoms with Crippen LogP contribution in [0.1, 0.15) is 5.56 Å². The van der Waals surface area contributed by atoms with E-state index < -0.39 is 0 Å². The summed E-state index contributed by atoms with van der Waals surface area (Å²) in [5.41, 5.74) is 3.69. The Balaban J connectivity index is 2.14. The lowest BCUT2D eigenvalue weighted by Crippen LogP contribution is -2.13. The molecule has 0 saturated carbocycles. The fourth-order valence-corrected chi connectivity index (χ4v) is 3.06. The molecule has 3 aromatic heterocycles. The van der Waals surface area contributed by atoms with Crippen LogP contribution in [-0.2, 0) is 0 Å². The first-order valence-electron chi connectivity index (χ1n) is 6.27. The van der Waals surface area contributed by atoms with Gasteiger partial charge in [0, 0.05) is 17.0 Å². The molecule has 4 aromatic rings. The lowest BCUT2D eigenvalue weighted by atomic mass is 10.1. The first-order chi connectivity index (χ1) is 9.74.